The lowest BCUT2D eigenvalue weighted by Gasteiger charge is -2.15. The summed E-state index contributed by atoms with van der Waals surface area (Å²) in [6, 6.07) is 50.7. The van der Waals surface area contributed by atoms with Crippen molar-refractivity contribution in [1.29, 1.82) is 0 Å². The molecule has 5 heteroatoms. The minimum atomic E-state index is 0.670. The van der Waals surface area contributed by atoms with Gasteiger partial charge in [-0.25, -0.2) is 19.9 Å². The highest BCUT2D eigenvalue weighted by Crippen LogP contribution is 2.39. The minimum Gasteiger partial charge on any atom is -0.278 e. The summed E-state index contributed by atoms with van der Waals surface area (Å²) in [4.78, 5) is 20.7. The van der Waals surface area contributed by atoms with E-state index in [1.165, 1.54) is 16.2 Å². The molecule has 0 N–H and O–H groups in total. The Morgan fingerprint density at radius 3 is 2.06 bits per heavy atom. The van der Waals surface area contributed by atoms with Crippen LogP contribution in [0.2, 0.25) is 0 Å². The zero-order valence-corrected chi connectivity index (χ0v) is 25.2. The minimum absolute atomic E-state index is 0.670. The van der Waals surface area contributed by atoms with E-state index in [0.717, 1.165) is 71.8 Å². The van der Waals surface area contributed by atoms with E-state index in [2.05, 4.69) is 126 Å². The second-order valence-corrected chi connectivity index (χ2v) is 11.9. The van der Waals surface area contributed by atoms with Crippen LogP contribution in [0.5, 0.6) is 0 Å². The normalized spacial score (nSPS) is 11.8. The van der Waals surface area contributed by atoms with Gasteiger partial charge in [-0.1, -0.05) is 103 Å². The first-order valence-corrected chi connectivity index (χ1v) is 15.7. The maximum Gasteiger partial charge on any atom is 0.160 e. The first-order valence-electron chi connectivity index (χ1n) is 15.7. The molecule has 10 rings (SSSR count). The summed E-state index contributed by atoms with van der Waals surface area (Å²) in [6.07, 6.45) is 1.84. The molecule has 0 spiro atoms. The van der Waals surface area contributed by atoms with Crippen molar-refractivity contribution in [1.82, 2.24) is 24.5 Å². The lowest BCUT2D eigenvalue weighted by molar-refractivity contribution is 1.07. The third-order valence-electron chi connectivity index (χ3n) is 9.23. The summed E-state index contributed by atoms with van der Waals surface area (Å²) in [5.74, 6) is 1.47. The number of hydrogen-bond acceptors (Lipinski definition) is 4. The maximum absolute atomic E-state index is 5.36. The molecule has 6 aromatic carbocycles. The molecule has 0 bridgehead atoms. The molecule has 0 atom stereocenters. The SMILES string of the molecule is c1ccc(-c2nc(-c3cc4ccccc4c4ccccc34)c3ccc4ccc(-n5c6ccccc6c6cccnc65)nc4c3n2)cc1. The van der Waals surface area contributed by atoms with Crippen LogP contribution >= 0.6 is 0 Å². The van der Waals surface area contributed by atoms with Gasteiger partial charge in [-0.3, -0.25) is 4.57 Å². The molecule has 10 aromatic rings. The van der Waals surface area contributed by atoms with E-state index in [9.17, 15) is 0 Å². The Bertz CT molecular complexity index is 2800. The number of pyridine rings is 2. The second-order valence-electron chi connectivity index (χ2n) is 11.9. The van der Waals surface area contributed by atoms with Crippen molar-refractivity contribution in [2.75, 3.05) is 0 Å². The van der Waals surface area contributed by atoms with Gasteiger partial charge in [0.25, 0.3) is 0 Å². The summed E-state index contributed by atoms with van der Waals surface area (Å²) >= 11 is 0. The van der Waals surface area contributed by atoms with Crippen LogP contribution in [0.15, 0.2) is 152 Å². The van der Waals surface area contributed by atoms with Crippen LogP contribution in [0.25, 0.3) is 93.8 Å². The molecule has 0 aliphatic rings. The molecular formula is C42H25N5. The van der Waals surface area contributed by atoms with Crippen LogP contribution in [0.1, 0.15) is 0 Å². The van der Waals surface area contributed by atoms with E-state index < -0.39 is 0 Å². The van der Waals surface area contributed by atoms with Crippen LogP contribution in [-0.4, -0.2) is 24.5 Å². The van der Waals surface area contributed by atoms with Gasteiger partial charge < -0.3 is 0 Å². The van der Waals surface area contributed by atoms with Gasteiger partial charge in [-0.2, -0.15) is 0 Å². The second kappa shape index (κ2) is 10.0. The number of rotatable bonds is 3. The van der Waals surface area contributed by atoms with Crippen LogP contribution in [-0.2, 0) is 0 Å². The molecule has 47 heavy (non-hydrogen) atoms. The number of para-hydroxylation sites is 1. The predicted octanol–water partition coefficient (Wildman–Crippen LogP) is 10.3. The van der Waals surface area contributed by atoms with Gasteiger partial charge in [0.15, 0.2) is 5.82 Å². The van der Waals surface area contributed by atoms with E-state index in [4.69, 9.17) is 19.9 Å². The molecule has 0 fully saturated rings. The van der Waals surface area contributed by atoms with Gasteiger partial charge >= 0.3 is 0 Å². The molecule has 5 nitrogen and oxygen atoms in total. The zero-order chi connectivity index (χ0) is 30.9. The number of aromatic nitrogens is 5. The van der Waals surface area contributed by atoms with Crippen LogP contribution in [0.4, 0.5) is 0 Å². The number of fused-ring (bicyclic) bond motifs is 9. The average Bonchev–Trinajstić information content (AvgIpc) is 3.48. The Hall–Kier alpha value is -6.46. The highest BCUT2D eigenvalue weighted by molar-refractivity contribution is 6.17. The van der Waals surface area contributed by atoms with Crippen LogP contribution in [0, 0.1) is 0 Å². The summed E-state index contributed by atoms with van der Waals surface area (Å²) in [7, 11) is 0. The Labute approximate surface area is 269 Å². The lowest BCUT2D eigenvalue weighted by Crippen LogP contribution is -2.01. The highest BCUT2D eigenvalue weighted by atomic mass is 15.1. The zero-order valence-electron chi connectivity index (χ0n) is 25.2. The molecule has 0 amide bonds. The number of nitrogens with zero attached hydrogens (tertiary/aromatic N) is 5. The van der Waals surface area contributed by atoms with E-state index in [1.54, 1.807) is 0 Å². The van der Waals surface area contributed by atoms with Gasteiger partial charge in [-0.15, -0.1) is 0 Å². The van der Waals surface area contributed by atoms with Crippen molar-refractivity contribution in [3.63, 3.8) is 0 Å². The predicted molar refractivity (Wildman–Crippen MR) is 193 cm³/mol. The largest absolute Gasteiger partial charge is 0.278 e. The van der Waals surface area contributed by atoms with Crippen molar-refractivity contribution in [2.24, 2.45) is 0 Å². The first kappa shape index (κ1) is 25.8. The van der Waals surface area contributed by atoms with Crippen LogP contribution in [0.3, 0.4) is 0 Å². The van der Waals surface area contributed by atoms with E-state index >= 15 is 0 Å². The lowest BCUT2D eigenvalue weighted by atomic mass is 9.93. The van der Waals surface area contributed by atoms with Gasteiger partial charge in [0.05, 0.1) is 16.7 Å². The monoisotopic (exact) mass is 599 g/mol. The van der Waals surface area contributed by atoms with Crippen molar-refractivity contribution in [3.05, 3.63) is 152 Å². The summed E-state index contributed by atoms with van der Waals surface area (Å²) in [5, 5.41) is 8.98. The van der Waals surface area contributed by atoms with E-state index in [1.807, 2.05) is 30.5 Å². The van der Waals surface area contributed by atoms with Gasteiger partial charge in [0.2, 0.25) is 0 Å². The molecule has 0 unspecified atom stereocenters. The fraction of sp³-hybridized carbons (Fsp3) is 0. The molecule has 0 aliphatic carbocycles. The topological polar surface area (TPSA) is 56.5 Å². The first-order chi connectivity index (χ1) is 23.3. The van der Waals surface area contributed by atoms with Crippen molar-refractivity contribution in [3.8, 4) is 28.5 Å². The maximum atomic E-state index is 5.36. The Balaban J connectivity index is 1.32. The molecule has 0 saturated heterocycles. The van der Waals surface area contributed by atoms with Gasteiger partial charge in [0.1, 0.15) is 17.0 Å². The van der Waals surface area contributed by atoms with E-state index in [0.29, 0.717) is 5.82 Å². The van der Waals surface area contributed by atoms with Gasteiger partial charge in [-0.05, 0) is 64.0 Å². The summed E-state index contributed by atoms with van der Waals surface area (Å²) < 4.78 is 2.15. The quantitative estimate of drug-likeness (QED) is 0.190. The standard InChI is InChI=1S/C42H25N5/c1-2-11-27(12-3-1)41-45-39(35-25-28-13-4-5-14-29(28)30-15-6-7-16-31(30)35)34-22-20-26-21-23-37(44-38(26)40(34)46-41)47-36-19-9-8-17-32(36)33-18-10-24-43-42(33)47/h1-25H. The van der Waals surface area contributed by atoms with E-state index in [-0.39, 0.29) is 0 Å². The van der Waals surface area contributed by atoms with Crippen molar-refractivity contribution >= 4 is 65.3 Å². The highest BCUT2D eigenvalue weighted by Gasteiger charge is 2.19. The average molecular weight is 600 g/mol. The fourth-order valence-electron chi connectivity index (χ4n) is 7.09. The molecule has 218 valence electrons. The molecule has 0 radical (unpaired) electrons. The number of benzene rings is 6. The van der Waals surface area contributed by atoms with Gasteiger partial charge in [0, 0.05) is 38.9 Å². The molecular weight excluding hydrogens is 574 g/mol. The summed E-state index contributed by atoms with van der Waals surface area (Å²) in [6.45, 7) is 0. The molecule has 0 saturated carbocycles. The van der Waals surface area contributed by atoms with Crippen molar-refractivity contribution in [2.45, 2.75) is 0 Å². The third-order valence-corrected chi connectivity index (χ3v) is 9.23. The molecule has 0 aliphatic heterocycles. The summed E-state index contributed by atoms with van der Waals surface area (Å²) in [5.41, 5.74) is 6.52. The smallest absolute Gasteiger partial charge is 0.160 e. The van der Waals surface area contributed by atoms with Crippen LogP contribution < -0.4 is 0 Å². The third kappa shape index (κ3) is 3.90. The Morgan fingerprint density at radius 2 is 1.17 bits per heavy atom. The molecule has 4 aromatic heterocycles. The molecule has 4 heterocycles. The number of hydrogen-bond donors (Lipinski definition) is 0. The Kier molecular flexibility index (Phi) is 5.51. The fourth-order valence-corrected chi connectivity index (χ4v) is 7.09. The Morgan fingerprint density at radius 1 is 0.447 bits per heavy atom. The van der Waals surface area contributed by atoms with Crippen molar-refractivity contribution < 1.29 is 0 Å².